The number of carbonyl (C=O) groups is 2. The van der Waals surface area contributed by atoms with Crippen LogP contribution >= 0.6 is 0 Å². The van der Waals surface area contributed by atoms with Crippen LogP contribution in [0.4, 0.5) is 5.69 Å². The number of piperazine rings is 1. The third kappa shape index (κ3) is 4.88. The summed E-state index contributed by atoms with van der Waals surface area (Å²) >= 11 is 0. The van der Waals surface area contributed by atoms with Crippen molar-refractivity contribution in [1.82, 2.24) is 14.8 Å². The summed E-state index contributed by atoms with van der Waals surface area (Å²) in [5.41, 5.74) is 2.58. The van der Waals surface area contributed by atoms with Gasteiger partial charge in [-0.15, -0.1) is 0 Å². The molecule has 162 valence electrons. The first kappa shape index (κ1) is 20.9. The molecule has 1 aliphatic heterocycles. The fraction of sp³-hybridized carbons (Fsp3) is 0.333. The Balaban J connectivity index is 1.26. The van der Waals surface area contributed by atoms with Crippen molar-refractivity contribution < 1.29 is 14.3 Å². The molecule has 7 nitrogen and oxygen atoms in total. The number of benzene rings is 2. The highest BCUT2D eigenvalue weighted by atomic mass is 16.5. The topological polar surface area (TPSA) is 66.8 Å². The van der Waals surface area contributed by atoms with Crippen molar-refractivity contribution in [2.75, 3.05) is 51.3 Å². The number of aromatic nitrogens is 1. The van der Waals surface area contributed by atoms with Gasteiger partial charge in [-0.3, -0.25) is 9.69 Å². The van der Waals surface area contributed by atoms with Crippen molar-refractivity contribution >= 4 is 28.5 Å². The number of rotatable bonds is 7. The lowest BCUT2D eigenvalue weighted by molar-refractivity contribution is -0.121. The van der Waals surface area contributed by atoms with E-state index in [2.05, 4.69) is 39.4 Å². The lowest BCUT2D eigenvalue weighted by Crippen LogP contribution is -2.48. The van der Waals surface area contributed by atoms with E-state index in [-0.39, 0.29) is 12.5 Å². The van der Waals surface area contributed by atoms with Crippen LogP contribution in [0.15, 0.2) is 60.8 Å². The van der Waals surface area contributed by atoms with Gasteiger partial charge in [-0.05, 0) is 18.2 Å². The number of nitrogens with one attached hydrogen (secondary N) is 1. The molecule has 2 aromatic carbocycles. The van der Waals surface area contributed by atoms with Gasteiger partial charge in [-0.2, -0.15) is 0 Å². The van der Waals surface area contributed by atoms with E-state index in [1.165, 1.54) is 12.8 Å². The lowest BCUT2D eigenvalue weighted by atomic mass is 10.2. The lowest BCUT2D eigenvalue weighted by Gasteiger charge is -2.36. The van der Waals surface area contributed by atoms with Crippen LogP contribution in [0, 0.1) is 0 Å². The largest absolute Gasteiger partial charge is 0.465 e. The summed E-state index contributed by atoms with van der Waals surface area (Å²) in [4.78, 5) is 29.3. The van der Waals surface area contributed by atoms with Crippen LogP contribution in [0.1, 0.15) is 10.4 Å². The fourth-order valence-corrected chi connectivity index (χ4v) is 4.08. The predicted octanol–water partition coefficient (Wildman–Crippen LogP) is 2.37. The number of fused-ring (bicyclic) bond motifs is 1. The molecule has 0 radical (unpaired) electrons. The summed E-state index contributed by atoms with van der Waals surface area (Å²) in [5, 5.41) is 3.80. The van der Waals surface area contributed by atoms with E-state index in [4.69, 9.17) is 4.74 Å². The Morgan fingerprint density at radius 2 is 1.68 bits per heavy atom. The molecule has 4 rings (SSSR count). The van der Waals surface area contributed by atoms with Crippen LogP contribution in [-0.4, -0.2) is 67.7 Å². The predicted molar refractivity (Wildman–Crippen MR) is 121 cm³/mol. The highest BCUT2D eigenvalue weighted by molar-refractivity contribution is 6.04. The second-order valence-corrected chi connectivity index (χ2v) is 7.69. The summed E-state index contributed by atoms with van der Waals surface area (Å²) in [7, 11) is 1.36. The van der Waals surface area contributed by atoms with Crippen molar-refractivity contribution in [3.63, 3.8) is 0 Å². The Bertz CT molecular complexity index is 1040. The van der Waals surface area contributed by atoms with Gasteiger partial charge in [-0.1, -0.05) is 36.4 Å². The number of nitrogens with zero attached hydrogens (tertiary/aromatic N) is 3. The normalized spacial score (nSPS) is 14.5. The third-order valence-corrected chi connectivity index (χ3v) is 5.75. The molecule has 0 bridgehead atoms. The van der Waals surface area contributed by atoms with E-state index < -0.39 is 5.97 Å². The zero-order valence-corrected chi connectivity index (χ0v) is 17.8. The first-order valence-electron chi connectivity index (χ1n) is 10.6. The van der Waals surface area contributed by atoms with E-state index >= 15 is 0 Å². The number of esters is 1. The van der Waals surface area contributed by atoms with Crippen LogP contribution in [0.25, 0.3) is 10.9 Å². The molecule has 1 aromatic heterocycles. The van der Waals surface area contributed by atoms with Crippen LogP contribution in [-0.2, 0) is 16.1 Å². The summed E-state index contributed by atoms with van der Waals surface area (Å²) in [6.45, 7) is 5.54. The number of para-hydroxylation sites is 2. The minimum Gasteiger partial charge on any atom is -0.465 e. The van der Waals surface area contributed by atoms with Gasteiger partial charge in [0.15, 0.2) is 0 Å². The Hall–Kier alpha value is -3.32. The maximum atomic E-state index is 12.5. The molecule has 0 spiro atoms. The molecule has 1 N–H and O–H groups in total. The van der Waals surface area contributed by atoms with Gasteiger partial charge in [0.1, 0.15) is 6.54 Å². The molecule has 1 aliphatic rings. The number of ether oxygens (including phenoxy) is 1. The molecule has 1 amide bonds. The zero-order valence-electron chi connectivity index (χ0n) is 17.8. The van der Waals surface area contributed by atoms with E-state index in [1.807, 2.05) is 30.3 Å². The number of carbonyl (C=O) groups excluding carboxylic acids is 2. The monoisotopic (exact) mass is 420 g/mol. The quantitative estimate of drug-likeness (QED) is 0.595. The van der Waals surface area contributed by atoms with E-state index in [0.29, 0.717) is 12.1 Å². The SMILES string of the molecule is COC(=O)c1cn(CC(=O)NCCN2CCN(c3ccccc3)CC2)c2ccccc12. The minimum atomic E-state index is -0.398. The van der Waals surface area contributed by atoms with Gasteiger partial charge in [-0.25, -0.2) is 4.79 Å². The smallest absolute Gasteiger partial charge is 0.340 e. The molecule has 31 heavy (non-hydrogen) atoms. The minimum absolute atomic E-state index is 0.0694. The van der Waals surface area contributed by atoms with Gasteiger partial charge in [0.25, 0.3) is 0 Å². The Morgan fingerprint density at radius 3 is 2.42 bits per heavy atom. The summed E-state index contributed by atoms with van der Waals surface area (Å²) in [6, 6.07) is 18.0. The Kier molecular flexibility index (Phi) is 6.52. The number of anilines is 1. The van der Waals surface area contributed by atoms with Crippen LogP contribution in [0.5, 0.6) is 0 Å². The van der Waals surface area contributed by atoms with Crippen LogP contribution in [0.2, 0.25) is 0 Å². The molecule has 3 aromatic rings. The molecule has 7 heteroatoms. The Morgan fingerprint density at radius 1 is 0.968 bits per heavy atom. The molecule has 1 fully saturated rings. The van der Waals surface area contributed by atoms with E-state index in [9.17, 15) is 9.59 Å². The molecular formula is C24H28N4O3. The summed E-state index contributed by atoms with van der Waals surface area (Å²) in [6.07, 6.45) is 1.69. The summed E-state index contributed by atoms with van der Waals surface area (Å²) < 4.78 is 6.67. The number of hydrogen-bond donors (Lipinski definition) is 1. The molecular weight excluding hydrogens is 392 g/mol. The van der Waals surface area contributed by atoms with Gasteiger partial charge in [0, 0.05) is 62.1 Å². The molecule has 1 saturated heterocycles. The average Bonchev–Trinajstić information content (AvgIpc) is 3.18. The molecule has 0 aliphatic carbocycles. The maximum Gasteiger partial charge on any atom is 0.340 e. The van der Waals surface area contributed by atoms with Crippen molar-refractivity contribution in [3.05, 3.63) is 66.4 Å². The van der Waals surface area contributed by atoms with E-state index in [1.54, 1.807) is 10.8 Å². The van der Waals surface area contributed by atoms with Crippen LogP contribution < -0.4 is 10.2 Å². The van der Waals surface area contributed by atoms with Crippen molar-refractivity contribution in [3.8, 4) is 0 Å². The molecule has 2 heterocycles. The molecule has 0 saturated carbocycles. The van der Waals surface area contributed by atoms with Gasteiger partial charge in [0.05, 0.1) is 12.7 Å². The van der Waals surface area contributed by atoms with Crippen molar-refractivity contribution in [2.45, 2.75) is 6.54 Å². The fourth-order valence-electron chi connectivity index (χ4n) is 4.08. The van der Waals surface area contributed by atoms with Gasteiger partial charge < -0.3 is 19.5 Å². The zero-order chi connectivity index (χ0) is 21.6. The van der Waals surface area contributed by atoms with Crippen molar-refractivity contribution in [1.29, 1.82) is 0 Å². The number of hydrogen-bond acceptors (Lipinski definition) is 5. The third-order valence-electron chi connectivity index (χ3n) is 5.75. The second kappa shape index (κ2) is 9.66. The highest BCUT2D eigenvalue weighted by Crippen LogP contribution is 2.22. The Labute approximate surface area is 182 Å². The second-order valence-electron chi connectivity index (χ2n) is 7.69. The number of methoxy groups -OCH3 is 1. The van der Waals surface area contributed by atoms with E-state index in [0.717, 1.165) is 43.6 Å². The molecule has 0 unspecified atom stereocenters. The highest BCUT2D eigenvalue weighted by Gasteiger charge is 2.18. The number of amides is 1. The first-order valence-corrected chi connectivity index (χ1v) is 10.6. The van der Waals surface area contributed by atoms with Gasteiger partial charge in [0.2, 0.25) is 5.91 Å². The van der Waals surface area contributed by atoms with Crippen LogP contribution in [0.3, 0.4) is 0 Å². The maximum absolute atomic E-state index is 12.5. The average molecular weight is 421 g/mol. The molecule has 0 atom stereocenters. The van der Waals surface area contributed by atoms with Gasteiger partial charge >= 0.3 is 5.97 Å². The van der Waals surface area contributed by atoms with Crippen molar-refractivity contribution in [2.24, 2.45) is 0 Å². The standard InChI is InChI=1S/C24H28N4O3/c1-31-24(30)21-17-28(22-10-6-5-9-20(21)22)18-23(29)25-11-12-26-13-15-27(16-14-26)19-7-3-2-4-8-19/h2-10,17H,11-16,18H2,1H3,(H,25,29). The summed E-state index contributed by atoms with van der Waals surface area (Å²) in [5.74, 6) is -0.468. The first-order chi connectivity index (χ1) is 15.2.